The van der Waals surface area contributed by atoms with Gasteiger partial charge in [-0.3, -0.25) is 4.79 Å². The van der Waals surface area contributed by atoms with Crippen LogP contribution >= 0.6 is 11.8 Å². The zero-order chi connectivity index (χ0) is 14.0. The average molecular weight is 276 g/mol. The minimum absolute atomic E-state index is 0.0800. The van der Waals surface area contributed by atoms with E-state index < -0.39 is 0 Å². The van der Waals surface area contributed by atoms with Gasteiger partial charge in [0.1, 0.15) is 11.1 Å². The lowest BCUT2D eigenvalue weighted by Gasteiger charge is -2.15. The fourth-order valence-electron chi connectivity index (χ4n) is 1.72. The number of carbonyl (C=O) groups is 1. The number of aromatic nitrogens is 2. The number of rotatable bonds is 4. The van der Waals surface area contributed by atoms with Gasteiger partial charge in [0.05, 0.1) is 17.0 Å². The van der Waals surface area contributed by atoms with Gasteiger partial charge >= 0.3 is 0 Å². The van der Waals surface area contributed by atoms with E-state index >= 15 is 0 Å². The number of thioether (sulfide) groups is 1. The van der Waals surface area contributed by atoms with Crippen molar-refractivity contribution in [2.75, 3.05) is 12.8 Å². The molecule has 1 fully saturated rings. The van der Waals surface area contributed by atoms with Crippen LogP contribution in [0.15, 0.2) is 5.03 Å². The van der Waals surface area contributed by atoms with Crippen LogP contribution in [0, 0.1) is 25.2 Å². The van der Waals surface area contributed by atoms with Gasteiger partial charge in [0.15, 0.2) is 0 Å². The summed E-state index contributed by atoms with van der Waals surface area (Å²) in [5.41, 5.74) is 2.12. The molecule has 5 nitrogen and oxygen atoms in total. The van der Waals surface area contributed by atoms with E-state index in [1.54, 1.807) is 4.90 Å². The molecule has 1 aromatic heterocycles. The van der Waals surface area contributed by atoms with Gasteiger partial charge in [0, 0.05) is 13.1 Å². The Hall–Kier alpha value is -1.61. The van der Waals surface area contributed by atoms with E-state index in [4.69, 9.17) is 5.26 Å². The minimum atomic E-state index is 0.0800. The molecular formula is C13H16N4OS. The number of carbonyl (C=O) groups excluding carboxylic acids is 1. The summed E-state index contributed by atoms with van der Waals surface area (Å²) in [6, 6.07) is 2.56. The Bertz CT molecular complexity index is 548. The molecule has 0 spiro atoms. The SMILES string of the molecule is Cc1nnc(SCC(=O)N(C)C2CC2)c(C#N)c1C. The Morgan fingerprint density at radius 1 is 1.47 bits per heavy atom. The highest BCUT2D eigenvalue weighted by Crippen LogP contribution is 2.27. The molecule has 0 bridgehead atoms. The number of aryl methyl sites for hydroxylation is 1. The summed E-state index contributed by atoms with van der Waals surface area (Å²) in [6.07, 6.45) is 2.19. The highest BCUT2D eigenvalue weighted by molar-refractivity contribution is 7.99. The molecule has 0 N–H and O–H groups in total. The molecule has 6 heteroatoms. The van der Waals surface area contributed by atoms with E-state index in [1.165, 1.54) is 11.8 Å². The highest BCUT2D eigenvalue weighted by Gasteiger charge is 2.29. The first-order valence-electron chi connectivity index (χ1n) is 6.17. The molecule has 1 aromatic rings. The van der Waals surface area contributed by atoms with Crippen molar-refractivity contribution in [2.45, 2.75) is 37.8 Å². The predicted octanol–water partition coefficient (Wildman–Crippen LogP) is 1.68. The van der Waals surface area contributed by atoms with E-state index in [1.807, 2.05) is 20.9 Å². The average Bonchev–Trinajstić information content (AvgIpc) is 3.23. The molecule has 1 aliphatic carbocycles. The maximum absolute atomic E-state index is 11.9. The molecular weight excluding hydrogens is 260 g/mol. The summed E-state index contributed by atoms with van der Waals surface area (Å²) in [5, 5.41) is 17.7. The van der Waals surface area contributed by atoms with Crippen LogP contribution in [0.1, 0.15) is 29.7 Å². The van der Waals surface area contributed by atoms with Crippen molar-refractivity contribution in [1.29, 1.82) is 5.26 Å². The van der Waals surface area contributed by atoms with Crippen molar-refractivity contribution in [3.63, 3.8) is 0 Å². The lowest BCUT2D eigenvalue weighted by molar-refractivity contribution is -0.127. The molecule has 1 amide bonds. The zero-order valence-electron chi connectivity index (χ0n) is 11.3. The summed E-state index contributed by atoms with van der Waals surface area (Å²) in [7, 11) is 1.83. The van der Waals surface area contributed by atoms with Crippen LogP contribution in [-0.4, -0.2) is 39.8 Å². The fraction of sp³-hybridized carbons (Fsp3) is 0.538. The third-order valence-corrected chi connectivity index (χ3v) is 4.31. The summed E-state index contributed by atoms with van der Waals surface area (Å²) in [6.45, 7) is 3.68. The van der Waals surface area contributed by atoms with Crippen LogP contribution in [0.2, 0.25) is 0 Å². The molecule has 1 saturated carbocycles. The van der Waals surface area contributed by atoms with Crippen molar-refractivity contribution in [3.8, 4) is 6.07 Å². The van der Waals surface area contributed by atoms with Crippen molar-refractivity contribution < 1.29 is 4.79 Å². The van der Waals surface area contributed by atoms with Gasteiger partial charge < -0.3 is 4.90 Å². The number of nitriles is 1. The smallest absolute Gasteiger partial charge is 0.232 e. The number of nitrogens with zero attached hydrogens (tertiary/aromatic N) is 4. The molecule has 100 valence electrons. The minimum Gasteiger partial charge on any atom is -0.342 e. The second kappa shape index (κ2) is 5.57. The Balaban J connectivity index is 2.05. The van der Waals surface area contributed by atoms with Crippen LogP contribution in [0.5, 0.6) is 0 Å². The van der Waals surface area contributed by atoms with Crippen LogP contribution < -0.4 is 0 Å². The van der Waals surface area contributed by atoms with Gasteiger partial charge in [-0.15, -0.1) is 5.10 Å². The Morgan fingerprint density at radius 3 is 2.74 bits per heavy atom. The standard InChI is InChI=1S/C13H16N4OS/c1-8-9(2)15-16-13(11(8)6-14)19-7-12(18)17(3)10-4-5-10/h10H,4-5,7H2,1-3H3. The van der Waals surface area contributed by atoms with Crippen molar-refractivity contribution in [1.82, 2.24) is 15.1 Å². The predicted molar refractivity (Wildman–Crippen MR) is 72.7 cm³/mol. The normalized spacial score (nSPS) is 14.0. The van der Waals surface area contributed by atoms with Crippen molar-refractivity contribution in [3.05, 3.63) is 16.8 Å². The van der Waals surface area contributed by atoms with Gasteiger partial charge in [-0.25, -0.2) is 0 Å². The molecule has 0 aromatic carbocycles. The number of hydrogen-bond acceptors (Lipinski definition) is 5. The van der Waals surface area contributed by atoms with Crippen LogP contribution in [0.3, 0.4) is 0 Å². The maximum atomic E-state index is 11.9. The summed E-state index contributed by atoms with van der Waals surface area (Å²) in [4.78, 5) is 13.7. The Kier molecular flexibility index (Phi) is 4.05. The lowest BCUT2D eigenvalue weighted by atomic mass is 10.1. The van der Waals surface area contributed by atoms with Gasteiger partial charge in [0.25, 0.3) is 0 Å². The molecule has 2 rings (SSSR count). The maximum Gasteiger partial charge on any atom is 0.232 e. The van der Waals surface area contributed by atoms with E-state index in [-0.39, 0.29) is 5.91 Å². The number of hydrogen-bond donors (Lipinski definition) is 0. The first-order valence-corrected chi connectivity index (χ1v) is 7.15. The van der Waals surface area contributed by atoms with E-state index in [9.17, 15) is 4.79 Å². The number of amides is 1. The monoisotopic (exact) mass is 276 g/mol. The summed E-state index contributed by atoms with van der Waals surface area (Å²) in [5.74, 6) is 0.384. The van der Waals surface area contributed by atoms with Crippen molar-refractivity contribution >= 4 is 17.7 Å². The molecule has 19 heavy (non-hydrogen) atoms. The van der Waals surface area contributed by atoms with Gasteiger partial charge in [-0.05, 0) is 32.3 Å². The molecule has 0 unspecified atom stereocenters. The van der Waals surface area contributed by atoms with Crippen LogP contribution in [0.4, 0.5) is 0 Å². The molecule has 1 heterocycles. The zero-order valence-corrected chi connectivity index (χ0v) is 12.1. The van der Waals surface area contributed by atoms with Crippen molar-refractivity contribution in [2.24, 2.45) is 0 Å². The topological polar surface area (TPSA) is 69.9 Å². The molecule has 0 saturated heterocycles. The molecule has 0 aliphatic heterocycles. The molecule has 0 atom stereocenters. The van der Waals surface area contributed by atoms with Gasteiger partial charge in [0.2, 0.25) is 5.91 Å². The fourth-order valence-corrected chi connectivity index (χ4v) is 2.62. The third-order valence-electron chi connectivity index (χ3n) is 3.35. The first-order chi connectivity index (χ1) is 9.04. The first kappa shape index (κ1) is 13.8. The van der Waals surface area contributed by atoms with Gasteiger partial charge in [-0.2, -0.15) is 10.4 Å². The molecule has 0 radical (unpaired) electrons. The largest absolute Gasteiger partial charge is 0.342 e. The third kappa shape index (κ3) is 3.04. The summed E-state index contributed by atoms with van der Waals surface area (Å²) < 4.78 is 0. The van der Waals surface area contributed by atoms with Crippen LogP contribution in [-0.2, 0) is 4.79 Å². The Labute approximate surface area is 117 Å². The van der Waals surface area contributed by atoms with E-state index in [0.29, 0.717) is 22.4 Å². The Morgan fingerprint density at radius 2 is 2.16 bits per heavy atom. The lowest BCUT2D eigenvalue weighted by Crippen LogP contribution is -2.30. The highest BCUT2D eigenvalue weighted by atomic mass is 32.2. The second-order valence-corrected chi connectivity index (χ2v) is 5.69. The van der Waals surface area contributed by atoms with E-state index in [2.05, 4.69) is 16.3 Å². The summed E-state index contributed by atoms with van der Waals surface area (Å²) >= 11 is 1.29. The van der Waals surface area contributed by atoms with Crippen LogP contribution in [0.25, 0.3) is 0 Å². The van der Waals surface area contributed by atoms with E-state index in [0.717, 1.165) is 24.1 Å². The quantitative estimate of drug-likeness (QED) is 0.782. The van der Waals surface area contributed by atoms with Gasteiger partial charge in [-0.1, -0.05) is 11.8 Å². The second-order valence-electron chi connectivity index (χ2n) is 4.73. The molecule has 1 aliphatic rings.